The molecular weight excluding hydrogens is 436 g/mol. The Kier molecular flexibility index (Phi) is 9.93. The van der Waals surface area contributed by atoms with Crippen LogP contribution in [0.5, 0.6) is 5.75 Å². The van der Waals surface area contributed by atoms with Crippen molar-refractivity contribution >= 4 is 30.2 Å². The summed E-state index contributed by atoms with van der Waals surface area (Å²) in [7, 11) is 1.55. The van der Waals surface area contributed by atoms with Gasteiger partial charge in [-0.2, -0.15) is 12.6 Å². The summed E-state index contributed by atoms with van der Waals surface area (Å²) in [5.41, 5.74) is 1.47. The maximum Gasteiger partial charge on any atom is 0.327 e. The van der Waals surface area contributed by atoms with Crippen LogP contribution in [0.15, 0.2) is 18.2 Å². The fourth-order valence-corrected chi connectivity index (χ4v) is 5.37. The minimum Gasteiger partial charge on any atom is -0.497 e. The lowest BCUT2D eigenvalue weighted by atomic mass is 9.91. The van der Waals surface area contributed by atoms with E-state index in [2.05, 4.69) is 17.9 Å². The van der Waals surface area contributed by atoms with Crippen molar-refractivity contribution in [2.75, 3.05) is 17.8 Å². The third-order valence-electron chi connectivity index (χ3n) is 7.17. The van der Waals surface area contributed by atoms with Crippen molar-refractivity contribution in [2.45, 2.75) is 95.7 Å². The average Bonchev–Trinajstić information content (AvgIpc) is 3.24. The highest BCUT2D eigenvalue weighted by molar-refractivity contribution is 7.80. The number of carboxylic acids is 1. The van der Waals surface area contributed by atoms with Gasteiger partial charge in [-0.3, -0.25) is 9.69 Å². The molecule has 1 heterocycles. The Balaban J connectivity index is 0.000000203. The van der Waals surface area contributed by atoms with Gasteiger partial charge in [-0.25, -0.2) is 4.79 Å². The molecule has 0 radical (unpaired) electrons. The molecule has 2 atom stereocenters. The highest BCUT2D eigenvalue weighted by Crippen LogP contribution is 2.36. The molecule has 1 aromatic carbocycles. The zero-order valence-electron chi connectivity index (χ0n) is 20.1. The molecule has 1 aromatic rings. The summed E-state index contributed by atoms with van der Waals surface area (Å²) in [6.07, 6.45) is 14.9. The van der Waals surface area contributed by atoms with Crippen LogP contribution in [-0.2, 0) is 16.0 Å². The van der Waals surface area contributed by atoms with Gasteiger partial charge in [-0.05, 0) is 49.4 Å². The molecule has 0 saturated heterocycles. The maximum atomic E-state index is 12.4. The van der Waals surface area contributed by atoms with Gasteiger partial charge in [0.25, 0.3) is 0 Å². The van der Waals surface area contributed by atoms with E-state index >= 15 is 0 Å². The Morgan fingerprint density at radius 2 is 1.67 bits per heavy atom. The van der Waals surface area contributed by atoms with Crippen LogP contribution in [0.2, 0.25) is 0 Å². The van der Waals surface area contributed by atoms with Crippen LogP contribution in [0.3, 0.4) is 0 Å². The zero-order chi connectivity index (χ0) is 23.8. The smallest absolute Gasteiger partial charge is 0.327 e. The number of carbonyl (C=O) groups excluding carboxylic acids is 1. The van der Waals surface area contributed by atoms with Crippen LogP contribution < -0.4 is 15.0 Å². The summed E-state index contributed by atoms with van der Waals surface area (Å²) >= 11 is 4.12. The van der Waals surface area contributed by atoms with Crippen molar-refractivity contribution < 1.29 is 19.4 Å². The second-order valence-electron chi connectivity index (χ2n) is 9.68. The molecule has 4 rings (SSSR count). The van der Waals surface area contributed by atoms with E-state index in [-0.39, 0.29) is 11.8 Å². The SMILES string of the molecule is C1CCC(NC2CCCCC2)CC1.COc1ccc2c(c1)CC(C(=O)O)N2C(=O)C(C)CS. The highest BCUT2D eigenvalue weighted by Gasteiger charge is 2.39. The van der Waals surface area contributed by atoms with Gasteiger partial charge in [-0.15, -0.1) is 0 Å². The molecule has 2 aliphatic carbocycles. The molecule has 0 bridgehead atoms. The molecule has 2 saturated carbocycles. The van der Waals surface area contributed by atoms with E-state index in [1.165, 1.54) is 69.1 Å². The molecule has 184 valence electrons. The number of fused-ring (bicyclic) bond motifs is 1. The molecule has 1 amide bonds. The van der Waals surface area contributed by atoms with Crippen LogP contribution in [0.25, 0.3) is 0 Å². The first kappa shape index (κ1) is 25.9. The number of benzene rings is 1. The monoisotopic (exact) mass is 476 g/mol. The summed E-state index contributed by atoms with van der Waals surface area (Å²) in [6, 6.07) is 6.14. The quantitative estimate of drug-likeness (QED) is 0.512. The Morgan fingerprint density at radius 3 is 2.15 bits per heavy atom. The van der Waals surface area contributed by atoms with Gasteiger partial charge in [0, 0.05) is 35.9 Å². The van der Waals surface area contributed by atoms with Gasteiger partial charge in [0.05, 0.1) is 7.11 Å². The number of ether oxygens (including phenoxy) is 1. The van der Waals surface area contributed by atoms with E-state index in [0.29, 0.717) is 23.6 Å². The van der Waals surface area contributed by atoms with Crippen molar-refractivity contribution in [2.24, 2.45) is 5.92 Å². The lowest BCUT2D eigenvalue weighted by Crippen LogP contribution is -2.45. The minimum absolute atomic E-state index is 0.212. The van der Waals surface area contributed by atoms with E-state index in [4.69, 9.17) is 4.74 Å². The normalized spacial score (nSPS) is 22.2. The average molecular weight is 477 g/mol. The lowest BCUT2D eigenvalue weighted by Gasteiger charge is -2.30. The molecule has 2 N–H and O–H groups in total. The van der Waals surface area contributed by atoms with Gasteiger partial charge in [0.15, 0.2) is 0 Å². The maximum absolute atomic E-state index is 12.4. The van der Waals surface area contributed by atoms with Crippen molar-refractivity contribution in [1.82, 2.24) is 5.32 Å². The van der Waals surface area contributed by atoms with E-state index in [0.717, 1.165) is 17.6 Å². The molecule has 2 fully saturated rings. The second kappa shape index (κ2) is 12.7. The number of nitrogens with zero attached hydrogens (tertiary/aromatic N) is 1. The third-order valence-corrected chi connectivity index (χ3v) is 7.72. The number of hydrogen-bond acceptors (Lipinski definition) is 5. The Bertz CT molecular complexity index is 774. The summed E-state index contributed by atoms with van der Waals surface area (Å²) in [5.74, 6) is -0.499. The number of rotatable bonds is 6. The number of carboxylic acid groups (broad SMARTS) is 1. The molecular formula is C26H40N2O4S. The number of hydrogen-bond donors (Lipinski definition) is 3. The number of amides is 1. The topological polar surface area (TPSA) is 78.9 Å². The van der Waals surface area contributed by atoms with Gasteiger partial charge in [0.2, 0.25) is 5.91 Å². The number of carbonyl (C=O) groups is 2. The van der Waals surface area contributed by atoms with Gasteiger partial charge < -0.3 is 15.2 Å². The van der Waals surface area contributed by atoms with Crippen LogP contribution in [0, 0.1) is 5.92 Å². The van der Waals surface area contributed by atoms with Crippen molar-refractivity contribution in [3.05, 3.63) is 23.8 Å². The molecule has 0 aromatic heterocycles. The van der Waals surface area contributed by atoms with Gasteiger partial charge in [0.1, 0.15) is 11.8 Å². The third kappa shape index (κ3) is 6.89. The fraction of sp³-hybridized carbons (Fsp3) is 0.692. The molecule has 33 heavy (non-hydrogen) atoms. The number of methoxy groups -OCH3 is 1. The number of aliphatic carboxylic acids is 1. The van der Waals surface area contributed by atoms with Crippen LogP contribution in [0.1, 0.15) is 76.7 Å². The fourth-order valence-electron chi connectivity index (χ4n) is 5.21. The van der Waals surface area contributed by atoms with E-state index in [9.17, 15) is 14.7 Å². The zero-order valence-corrected chi connectivity index (χ0v) is 21.0. The lowest BCUT2D eigenvalue weighted by molar-refractivity contribution is -0.140. The second-order valence-corrected chi connectivity index (χ2v) is 10.0. The Morgan fingerprint density at radius 1 is 1.09 bits per heavy atom. The molecule has 0 spiro atoms. The first-order valence-electron chi connectivity index (χ1n) is 12.5. The van der Waals surface area contributed by atoms with E-state index in [1.54, 1.807) is 32.2 Å². The van der Waals surface area contributed by atoms with Gasteiger partial charge in [-0.1, -0.05) is 45.4 Å². The highest BCUT2D eigenvalue weighted by atomic mass is 32.1. The largest absolute Gasteiger partial charge is 0.497 e. The molecule has 6 nitrogen and oxygen atoms in total. The van der Waals surface area contributed by atoms with Crippen LogP contribution >= 0.6 is 12.6 Å². The van der Waals surface area contributed by atoms with E-state index in [1.807, 2.05) is 0 Å². The summed E-state index contributed by atoms with van der Waals surface area (Å²) < 4.78 is 5.14. The minimum atomic E-state index is -1.00. The standard InChI is InChI=1S/C14H17NO4S.C12H23N/c1-8(7-20)13(16)15-11-4-3-10(19-2)5-9(11)6-12(15)14(17)18;1-3-7-11(8-4-1)13-12-9-5-2-6-10-12/h3-5,8,12,20H,6-7H2,1-2H3,(H,17,18);11-13H,1-10H2. The van der Waals surface area contributed by atoms with E-state index < -0.39 is 12.0 Å². The summed E-state index contributed by atoms with van der Waals surface area (Å²) in [4.78, 5) is 25.2. The Labute approximate surface area is 203 Å². The number of anilines is 1. The van der Waals surface area contributed by atoms with Crippen LogP contribution in [0.4, 0.5) is 5.69 Å². The molecule has 1 aliphatic heterocycles. The number of thiol groups is 1. The van der Waals surface area contributed by atoms with Crippen molar-refractivity contribution in [3.63, 3.8) is 0 Å². The molecule has 3 aliphatic rings. The van der Waals surface area contributed by atoms with Crippen LogP contribution in [-0.4, -0.2) is 48.0 Å². The molecule has 7 heteroatoms. The number of nitrogens with one attached hydrogen (secondary N) is 1. The summed E-state index contributed by atoms with van der Waals surface area (Å²) in [5, 5.41) is 13.2. The predicted molar refractivity (Wildman–Crippen MR) is 136 cm³/mol. The van der Waals surface area contributed by atoms with Crippen molar-refractivity contribution in [1.29, 1.82) is 0 Å². The van der Waals surface area contributed by atoms with Crippen molar-refractivity contribution in [3.8, 4) is 5.75 Å². The molecule has 2 unspecified atom stereocenters. The summed E-state index contributed by atoms with van der Waals surface area (Å²) in [6.45, 7) is 1.75. The van der Waals surface area contributed by atoms with Gasteiger partial charge >= 0.3 is 5.97 Å². The Hall–Kier alpha value is -1.73. The first-order chi connectivity index (χ1) is 15.9. The first-order valence-corrected chi connectivity index (χ1v) is 13.2. The predicted octanol–water partition coefficient (Wildman–Crippen LogP) is 4.84.